The van der Waals surface area contributed by atoms with Crippen molar-refractivity contribution in [2.24, 2.45) is 20.6 Å². The van der Waals surface area contributed by atoms with Crippen molar-refractivity contribution in [3.63, 3.8) is 0 Å². The molecule has 0 amide bonds. The molecule has 0 aliphatic heterocycles. The largest absolute Gasteiger partial charge is 0.396 e. The minimum absolute atomic E-state index is 0.199. The van der Waals surface area contributed by atoms with E-state index < -0.39 is 0 Å². The topological polar surface area (TPSA) is 86.4 Å². The molecule has 0 aromatic rings. The molecule has 0 unspecified atom stereocenters. The van der Waals surface area contributed by atoms with Crippen LogP contribution in [0.4, 0.5) is 0 Å². The van der Waals surface area contributed by atoms with Crippen LogP contribution < -0.4 is 0 Å². The Kier molecular flexibility index (Phi) is 31.7. The van der Waals surface area contributed by atoms with E-state index in [1.165, 1.54) is 0 Å². The monoisotopic (exact) mass is 432 g/mol. The maximum absolute atomic E-state index is 4.89. The number of hydrogen-bond acceptors (Lipinski definition) is 8. The predicted octanol–water partition coefficient (Wildman–Crippen LogP) is 6.45. The maximum atomic E-state index is 4.89. The molecule has 0 fully saturated rings. The van der Waals surface area contributed by atoms with E-state index in [4.69, 9.17) is 9.68 Å². The molecule has 30 heavy (non-hydrogen) atoms. The van der Waals surface area contributed by atoms with Crippen LogP contribution in [0.1, 0.15) is 96.9 Å². The van der Waals surface area contributed by atoms with Gasteiger partial charge in [0.2, 0.25) is 0 Å². The maximum Gasteiger partial charge on any atom is 0.122 e. The second-order valence-electron chi connectivity index (χ2n) is 7.30. The highest BCUT2D eigenvalue weighted by Crippen LogP contribution is 1.88. The summed E-state index contributed by atoms with van der Waals surface area (Å²) in [6.45, 7) is 28.2. The van der Waals surface area contributed by atoms with Crippen molar-refractivity contribution in [2.45, 2.75) is 109 Å². The molecular weight excluding hydrogens is 384 g/mol. The van der Waals surface area contributed by atoms with E-state index in [0.29, 0.717) is 13.2 Å². The zero-order valence-electron chi connectivity index (χ0n) is 22.0. The molecule has 0 aliphatic carbocycles. The van der Waals surface area contributed by atoms with Crippen LogP contribution in [0, 0.1) is 0 Å². The molecule has 0 bridgehead atoms. The van der Waals surface area contributed by atoms with Crippen molar-refractivity contribution >= 4 is 22.8 Å². The molecule has 0 radical (unpaired) electrons. The van der Waals surface area contributed by atoms with Crippen LogP contribution in [0.25, 0.3) is 0 Å². The second-order valence-corrected chi connectivity index (χ2v) is 7.30. The van der Waals surface area contributed by atoms with Gasteiger partial charge in [0.05, 0.1) is 22.8 Å². The Bertz CT molecular complexity index is 426. The van der Waals surface area contributed by atoms with Gasteiger partial charge in [0.1, 0.15) is 25.4 Å². The van der Waals surface area contributed by atoms with Gasteiger partial charge in [-0.1, -0.05) is 20.6 Å². The van der Waals surface area contributed by atoms with Crippen LogP contribution in [0.3, 0.4) is 0 Å². The lowest BCUT2D eigenvalue weighted by atomic mass is 10.5. The molecule has 0 heterocycles. The van der Waals surface area contributed by atoms with Crippen LogP contribution in [0.2, 0.25) is 0 Å². The van der Waals surface area contributed by atoms with Gasteiger partial charge >= 0.3 is 0 Å². The fourth-order valence-corrected chi connectivity index (χ4v) is 0.809. The lowest BCUT2D eigenvalue weighted by Gasteiger charge is -2.00. The first-order chi connectivity index (χ1) is 13.8. The van der Waals surface area contributed by atoms with Crippen molar-refractivity contribution in [3.05, 3.63) is 0 Å². The van der Waals surface area contributed by atoms with Crippen molar-refractivity contribution < 1.29 is 19.4 Å². The third-order valence-electron chi connectivity index (χ3n) is 1.64. The first-order valence-corrected chi connectivity index (χ1v) is 10.4. The molecule has 0 spiro atoms. The van der Waals surface area contributed by atoms with E-state index in [0.717, 1.165) is 22.8 Å². The molecule has 0 saturated heterocycles. The molecule has 0 N–H and O–H groups in total. The summed E-state index contributed by atoms with van der Waals surface area (Å²) in [5.41, 5.74) is 3.83. The predicted molar refractivity (Wildman–Crippen MR) is 131 cm³/mol. The minimum Gasteiger partial charge on any atom is -0.396 e. The van der Waals surface area contributed by atoms with E-state index in [9.17, 15) is 0 Å². The summed E-state index contributed by atoms with van der Waals surface area (Å²) < 4.78 is 0. The van der Waals surface area contributed by atoms with E-state index in [2.05, 4.69) is 30.3 Å². The van der Waals surface area contributed by atoms with Gasteiger partial charge in [-0.2, -0.15) is 0 Å². The highest BCUT2D eigenvalue weighted by molar-refractivity contribution is 5.79. The summed E-state index contributed by atoms with van der Waals surface area (Å²) in [4.78, 5) is 19.1. The molecule has 0 aliphatic rings. The van der Waals surface area contributed by atoms with Gasteiger partial charge < -0.3 is 19.4 Å². The molecular formula is C22H48N4O4. The zero-order valence-corrected chi connectivity index (χ0v) is 22.0. The third-order valence-corrected chi connectivity index (χ3v) is 1.64. The summed E-state index contributed by atoms with van der Waals surface area (Å²) in [5, 5.41) is 14.8. The Morgan fingerprint density at radius 2 is 0.733 bits per heavy atom. The van der Waals surface area contributed by atoms with Crippen LogP contribution in [0.5, 0.6) is 0 Å². The fraction of sp³-hybridized carbons (Fsp3) is 0.818. The minimum atomic E-state index is 0.199. The van der Waals surface area contributed by atoms with Crippen LogP contribution in [-0.4, -0.2) is 48.3 Å². The molecule has 0 saturated carbocycles. The Balaban J connectivity index is -0.000000151. The first-order valence-electron chi connectivity index (χ1n) is 10.4. The van der Waals surface area contributed by atoms with E-state index in [-0.39, 0.29) is 12.2 Å². The normalized spacial score (nSPS) is 8.53. The van der Waals surface area contributed by atoms with Crippen LogP contribution >= 0.6 is 0 Å². The summed E-state index contributed by atoms with van der Waals surface area (Å²) in [6.07, 6.45) is 0.398. The van der Waals surface area contributed by atoms with Crippen molar-refractivity contribution in [2.75, 3.05) is 13.2 Å². The zero-order chi connectivity index (χ0) is 24.5. The van der Waals surface area contributed by atoms with Crippen molar-refractivity contribution in [1.29, 1.82) is 0 Å². The highest BCUT2D eigenvalue weighted by atomic mass is 16.6. The Morgan fingerprint density at radius 1 is 0.500 bits per heavy atom. The fourth-order valence-electron chi connectivity index (χ4n) is 0.809. The smallest absolute Gasteiger partial charge is 0.122 e. The average Bonchev–Trinajstić information content (AvgIpc) is 2.62. The van der Waals surface area contributed by atoms with Gasteiger partial charge in [0, 0.05) is 0 Å². The average molecular weight is 433 g/mol. The lowest BCUT2D eigenvalue weighted by molar-refractivity contribution is 0.0856. The Hall–Kier alpha value is -2.12. The van der Waals surface area contributed by atoms with Gasteiger partial charge in [-0.15, -0.1) is 0 Å². The number of nitrogens with zero attached hydrogens (tertiary/aromatic N) is 4. The van der Waals surface area contributed by atoms with Gasteiger partial charge in [-0.3, -0.25) is 0 Å². The number of oxime groups is 4. The van der Waals surface area contributed by atoms with E-state index >= 15 is 0 Å². The van der Waals surface area contributed by atoms with Crippen LogP contribution in [0.15, 0.2) is 20.6 Å². The molecule has 8 heteroatoms. The summed E-state index contributed by atoms with van der Waals surface area (Å²) >= 11 is 0. The standard InChI is InChI=1S/2C6H13NO.2C5H11NO/c2*1-5(2)7-8-6(3)4;2*1-4-7-6-5(2)3/h2*6H,1-4H3;2*4H2,1-3H3. The van der Waals surface area contributed by atoms with Crippen LogP contribution in [-0.2, 0) is 19.4 Å². The van der Waals surface area contributed by atoms with Crippen molar-refractivity contribution in [3.8, 4) is 0 Å². The second kappa shape index (κ2) is 26.9. The molecule has 0 rings (SSSR count). The molecule has 180 valence electrons. The SMILES string of the molecule is CC(C)=NOC(C)C.CC(C)=NOC(C)C.CCON=C(C)C.CCON=C(C)C. The Morgan fingerprint density at radius 3 is 0.800 bits per heavy atom. The van der Waals surface area contributed by atoms with E-state index in [1.807, 2.05) is 96.9 Å². The third kappa shape index (κ3) is 63.5. The van der Waals surface area contributed by atoms with Gasteiger partial charge in [-0.25, -0.2) is 0 Å². The lowest BCUT2D eigenvalue weighted by Crippen LogP contribution is -1.97. The van der Waals surface area contributed by atoms with Gasteiger partial charge in [0.15, 0.2) is 0 Å². The summed E-state index contributed by atoms with van der Waals surface area (Å²) in [7, 11) is 0. The molecule has 0 aromatic heterocycles. The Labute approximate surface area is 185 Å². The first kappa shape index (κ1) is 35.3. The molecule has 0 aromatic carbocycles. The summed E-state index contributed by atoms with van der Waals surface area (Å²) in [6, 6.07) is 0. The van der Waals surface area contributed by atoms with Gasteiger partial charge in [-0.05, 0) is 96.9 Å². The number of rotatable bonds is 8. The van der Waals surface area contributed by atoms with Gasteiger partial charge in [0.25, 0.3) is 0 Å². The molecule has 8 nitrogen and oxygen atoms in total. The molecule has 0 atom stereocenters. The highest BCUT2D eigenvalue weighted by Gasteiger charge is 1.87. The van der Waals surface area contributed by atoms with Crippen molar-refractivity contribution in [1.82, 2.24) is 0 Å². The van der Waals surface area contributed by atoms with E-state index in [1.54, 1.807) is 0 Å². The summed E-state index contributed by atoms with van der Waals surface area (Å²) in [5.74, 6) is 0. The number of hydrogen-bond donors (Lipinski definition) is 0. The quantitative estimate of drug-likeness (QED) is 0.326.